The largest absolute Gasteiger partial charge is 0.308 e. The van der Waals surface area contributed by atoms with Crippen molar-refractivity contribution in [2.75, 3.05) is 0 Å². The van der Waals surface area contributed by atoms with E-state index < -0.39 is 0 Å². The quantitative estimate of drug-likeness (QED) is 0.518. The second-order valence-corrected chi connectivity index (χ2v) is 10.1. The molecule has 1 aliphatic carbocycles. The van der Waals surface area contributed by atoms with Crippen molar-refractivity contribution >= 4 is 14.7 Å². The normalized spacial score (nSPS) is 16.5. The highest BCUT2D eigenvalue weighted by atomic mass is 28.2. The van der Waals surface area contributed by atoms with Crippen LogP contribution in [0.3, 0.4) is 0 Å². The first-order valence-electron chi connectivity index (χ1n) is 9.69. The van der Waals surface area contributed by atoms with Gasteiger partial charge in [-0.05, 0) is 51.2 Å². The summed E-state index contributed by atoms with van der Waals surface area (Å²) >= 11 is 0. The lowest BCUT2D eigenvalue weighted by Gasteiger charge is -2.30. The first-order valence-corrected chi connectivity index (χ1v) is 11.2. The average Bonchev–Trinajstić information content (AvgIpc) is 2.99. The van der Waals surface area contributed by atoms with Crippen molar-refractivity contribution in [1.29, 1.82) is 0 Å². The van der Waals surface area contributed by atoms with E-state index in [1.807, 2.05) is 0 Å². The van der Waals surface area contributed by atoms with Crippen molar-refractivity contribution in [3.05, 3.63) is 53.6 Å². The molecule has 24 heavy (non-hydrogen) atoms. The first-order chi connectivity index (χ1) is 11.5. The van der Waals surface area contributed by atoms with Crippen molar-refractivity contribution in [3.63, 3.8) is 0 Å². The van der Waals surface area contributed by atoms with Crippen molar-refractivity contribution in [3.8, 4) is 0 Å². The summed E-state index contributed by atoms with van der Waals surface area (Å²) in [6.45, 7) is 9.17. The third-order valence-corrected chi connectivity index (χ3v) is 6.73. The van der Waals surface area contributed by atoms with Gasteiger partial charge in [0.15, 0.2) is 0 Å². The van der Waals surface area contributed by atoms with Crippen LogP contribution < -0.4 is 10.5 Å². The standard InChI is InChI=1S/C22H35NSi/c1-5-6-7-9-13-18-14-12-17-20(18)21(23-22(2,3)4)24-19-15-10-8-11-16-19/h8,10-12,14-16,21,23H,5-7,9,13,17,24H2,1-4H3. The van der Waals surface area contributed by atoms with Crippen molar-refractivity contribution in [2.24, 2.45) is 0 Å². The maximum atomic E-state index is 3.94. The highest BCUT2D eigenvalue weighted by Crippen LogP contribution is 2.27. The van der Waals surface area contributed by atoms with E-state index in [9.17, 15) is 0 Å². The average molecular weight is 342 g/mol. The summed E-state index contributed by atoms with van der Waals surface area (Å²) in [5, 5.41) is 5.50. The monoisotopic (exact) mass is 341 g/mol. The van der Waals surface area contributed by atoms with Gasteiger partial charge in [0.05, 0.1) is 9.52 Å². The second kappa shape index (κ2) is 9.38. The van der Waals surface area contributed by atoms with Crippen LogP contribution in [-0.2, 0) is 0 Å². The maximum Gasteiger partial charge on any atom is 0.0791 e. The van der Waals surface area contributed by atoms with Crippen LogP contribution in [0.4, 0.5) is 0 Å². The number of nitrogens with one attached hydrogen (secondary N) is 1. The fourth-order valence-electron chi connectivity index (χ4n) is 3.55. The van der Waals surface area contributed by atoms with E-state index >= 15 is 0 Å². The van der Waals surface area contributed by atoms with Gasteiger partial charge in [0.25, 0.3) is 0 Å². The zero-order valence-electron chi connectivity index (χ0n) is 16.1. The van der Waals surface area contributed by atoms with Gasteiger partial charge in [-0.2, -0.15) is 0 Å². The maximum absolute atomic E-state index is 3.94. The smallest absolute Gasteiger partial charge is 0.0791 e. The Morgan fingerprint density at radius 2 is 1.83 bits per heavy atom. The van der Waals surface area contributed by atoms with Crippen LogP contribution in [0, 0.1) is 0 Å². The molecule has 1 aromatic carbocycles. The van der Waals surface area contributed by atoms with Gasteiger partial charge in [-0.15, -0.1) is 0 Å². The molecule has 0 amide bonds. The molecule has 1 nitrogen and oxygen atoms in total. The summed E-state index contributed by atoms with van der Waals surface area (Å²) in [7, 11) is -0.380. The van der Waals surface area contributed by atoms with Crippen LogP contribution in [-0.4, -0.2) is 20.7 Å². The highest BCUT2D eigenvalue weighted by Gasteiger charge is 2.24. The molecule has 0 aliphatic heterocycles. The lowest BCUT2D eigenvalue weighted by atomic mass is 10.0. The van der Waals surface area contributed by atoms with E-state index in [4.69, 9.17) is 0 Å². The van der Waals surface area contributed by atoms with E-state index in [-0.39, 0.29) is 15.1 Å². The van der Waals surface area contributed by atoms with Crippen LogP contribution >= 0.6 is 0 Å². The Labute approximate surface area is 151 Å². The van der Waals surface area contributed by atoms with E-state index in [1.165, 1.54) is 32.1 Å². The van der Waals surface area contributed by atoms with Gasteiger partial charge in [-0.25, -0.2) is 0 Å². The molecule has 1 unspecified atom stereocenters. The molecule has 1 aromatic rings. The Morgan fingerprint density at radius 3 is 2.50 bits per heavy atom. The summed E-state index contributed by atoms with van der Waals surface area (Å²) in [5.74, 6) is 0. The summed E-state index contributed by atoms with van der Waals surface area (Å²) in [4.78, 5) is 0. The van der Waals surface area contributed by atoms with Gasteiger partial charge < -0.3 is 5.32 Å². The van der Waals surface area contributed by atoms with E-state index in [0.29, 0.717) is 5.67 Å². The lowest BCUT2D eigenvalue weighted by Crippen LogP contribution is -2.50. The zero-order valence-corrected chi connectivity index (χ0v) is 17.5. The molecular formula is C22H35NSi. The minimum absolute atomic E-state index is 0.162. The molecule has 0 saturated carbocycles. The summed E-state index contributed by atoms with van der Waals surface area (Å²) in [6, 6.07) is 11.1. The second-order valence-electron chi connectivity index (χ2n) is 8.10. The number of rotatable bonds is 9. The van der Waals surface area contributed by atoms with Crippen LogP contribution in [0.1, 0.15) is 66.2 Å². The summed E-state index contributed by atoms with van der Waals surface area (Å²) in [5.41, 5.74) is 4.03. The van der Waals surface area contributed by atoms with Gasteiger partial charge >= 0.3 is 0 Å². The predicted octanol–water partition coefficient (Wildman–Crippen LogP) is 4.42. The van der Waals surface area contributed by atoms with Gasteiger partial charge in [0, 0.05) is 11.2 Å². The molecule has 1 aliphatic rings. The predicted molar refractivity (Wildman–Crippen MR) is 111 cm³/mol. The van der Waals surface area contributed by atoms with Gasteiger partial charge in [0.1, 0.15) is 0 Å². The zero-order chi connectivity index (χ0) is 17.4. The number of benzene rings is 1. The first kappa shape index (κ1) is 19.2. The van der Waals surface area contributed by atoms with Crippen LogP contribution in [0.15, 0.2) is 53.6 Å². The van der Waals surface area contributed by atoms with Gasteiger partial charge in [-0.1, -0.05) is 73.9 Å². The Hall–Kier alpha value is -1.12. The summed E-state index contributed by atoms with van der Waals surface area (Å²) < 4.78 is 0. The Balaban J connectivity index is 2.12. The van der Waals surface area contributed by atoms with Gasteiger partial charge in [0.2, 0.25) is 0 Å². The third kappa shape index (κ3) is 6.41. The molecule has 0 bridgehead atoms. The molecule has 0 radical (unpaired) electrons. The van der Waals surface area contributed by atoms with Crippen LogP contribution in [0.5, 0.6) is 0 Å². The van der Waals surface area contributed by atoms with E-state index in [0.717, 1.165) is 6.42 Å². The molecular weight excluding hydrogens is 306 g/mol. The molecule has 0 spiro atoms. The highest BCUT2D eigenvalue weighted by molar-refractivity contribution is 6.56. The fourth-order valence-corrected chi connectivity index (χ4v) is 5.96. The minimum atomic E-state index is -0.380. The lowest BCUT2D eigenvalue weighted by molar-refractivity contribution is 0.424. The van der Waals surface area contributed by atoms with E-state index in [1.54, 1.807) is 16.3 Å². The number of allylic oxidation sites excluding steroid dienone is 3. The molecule has 2 rings (SSSR count). The fraction of sp³-hybridized carbons (Fsp3) is 0.545. The molecule has 1 atom stereocenters. The Kier molecular flexibility index (Phi) is 7.51. The molecule has 0 fully saturated rings. The third-order valence-electron chi connectivity index (χ3n) is 4.68. The SMILES string of the molecule is CCCCCCC1=C(C(NC(C)(C)C)[SiH2]c2ccccc2)CC=C1. The number of hydrogen-bond donors (Lipinski definition) is 1. The number of unbranched alkanes of at least 4 members (excludes halogenated alkanes) is 3. The topological polar surface area (TPSA) is 12.0 Å². The molecule has 2 heteroatoms. The van der Waals surface area contributed by atoms with Crippen molar-refractivity contribution < 1.29 is 0 Å². The molecule has 0 aromatic heterocycles. The van der Waals surface area contributed by atoms with Crippen LogP contribution in [0.25, 0.3) is 0 Å². The van der Waals surface area contributed by atoms with Gasteiger partial charge in [-0.3, -0.25) is 0 Å². The minimum Gasteiger partial charge on any atom is -0.308 e. The molecule has 0 heterocycles. The molecule has 0 saturated heterocycles. The molecule has 1 N–H and O–H groups in total. The van der Waals surface area contributed by atoms with Crippen LogP contribution in [0.2, 0.25) is 0 Å². The Bertz CT molecular complexity index is 551. The Morgan fingerprint density at radius 1 is 1.08 bits per heavy atom. The van der Waals surface area contributed by atoms with Crippen molar-refractivity contribution in [2.45, 2.75) is 77.4 Å². The van der Waals surface area contributed by atoms with Crippen molar-refractivity contribution in [1.82, 2.24) is 5.32 Å². The number of hydrogen-bond acceptors (Lipinski definition) is 1. The molecule has 132 valence electrons. The summed E-state index contributed by atoms with van der Waals surface area (Å²) in [6.07, 6.45) is 12.6. The van der Waals surface area contributed by atoms with E-state index in [2.05, 4.69) is 75.5 Å².